The molecule has 0 amide bonds. The van der Waals surface area contributed by atoms with Gasteiger partial charge in [0.15, 0.2) is 5.65 Å². The Labute approximate surface area is 136 Å². The molecular weight excluding hydrogens is 292 g/mol. The summed E-state index contributed by atoms with van der Waals surface area (Å²) in [6, 6.07) is 4.27. The Hall–Kier alpha value is -2.11. The van der Waals surface area contributed by atoms with Crippen molar-refractivity contribution < 1.29 is 9.53 Å². The van der Waals surface area contributed by atoms with Crippen molar-refractivity contribution in [2.24, 2.45) is 5.92 Å². The van der Waals surface area contributed by atoms with Crippen molar-refractivity contribution in [2.45, 2.75) is 58.6 Å². The number of anilines is 1. The lowest BCUT2D eigenvalue weighted by molar-refractivity contribution is -0.156. The van der Waals surface area contributed by atoms with Gasteiger partial charge in [-0.25, -0.2) is 4.98 Å². The number of aromatic nitrogens is 3. The quantitative estimate of drug-likeness (QED) is 0.878. The highest BCUT2D eigenvalue weighted by Gasteiger charge is 2.32. The van der Waals surface area contributed by atoms with Crippen LogP contribution < -0.4 is 5.32 Å². The summed E-state index contributed by atoms with van der Waals surface area (Å²) in [6.07, 6.45) is 4.20. The highest BCUT2D eigenvalue weighted by Crippen LogP contribution is 2.33. The van der Waals surface area contributed by atoms with Crippen LogP contribution in [0.15, 0.2) is 18.3 Å². The molecule has 0 radical (unpaired) electrons. The summed E-state index contributed by atoms with van der Waals surface area (Å²) in [4.78, 5) is 16.3. The fourth-order valence-corrected chi connectivity index (χ4v) is 2.99. The van der Waals surface area contributed by atoms with Gasteiger partial charge in [-0.05, 0) is 46.5 Å². The lowest BCUT2D eigenvalue weighted by Gasteiger charge is -2.36. The molecule has 124 valence electrons. The van der Waals surface area contributed by atoms with Gasteiger partial charge in [-0.3, -0.25) is 4.79 Å². The average Bonchev–Trinajstić information content (AvgIpc) is 2.81. The van der Waals surface area contributed by atoms with Crippen molar-refractivity contribution in [1.82, 2.24) is 14.6 Å². The summed E-state index contributed by atoms with van der Waals surface area (Å²) >= 11 is 0. The van der Waals surface area contributed by atoms with Crippen LogP contribution >= 0.6 is 0 Å². The third kappa shape index (κ3) is 3.81. The monoisotopic (exact) mass is 316 g/mol. The van der Waals surface area contributed by atoms with Gasteiger partial charge in [0.1, 0.15) is 11.4 Å². The number of fused-ring (bicyclic) bond motifs is 1. The predicted molar refractivity (Wildman–Crippen MR) is 88.3 cm³/mol. The number of hydrogen-bond donors (Lipinski definition) is 1. The SMILES string of the molecule is Cc1cc(NC2CC(CC(=O)OC(C)(C)C)C2)n2nccc2n1. The molecule has 0 spiro atoms. The van der Waals surface area contributed by atoms with E-state index in [4.69, 9.17) is 4.74 Å². The van der Waals surface area contributed by atoms with Crippen molar-refractivity contribution in [2.75, 3.05) is 5.32 Å². The standard InChI is InChI=1S/C17H24N4O2/c1-11-7-15(21-14(19-11)5-6-18-21)20-13-8-12(9-13)10-16(22)23-17(2,3)4/h5-7,12-13,20H,8-10H2,1-4H3. The Bertz CT molecular complexity index is 711. The Morgan fingerprint density at radius 1 is 1.43 bits per heavy atom. The molecule has 0 bridgehead atoms. The zero-order valence-corrected chi connectivity index (χ0v) is 14.2. The van der Waals surface area contributed by atoms with E-state index in [0.29, 0.717) is 18.4 Å². The topological polar surface area (TPSA) is 68.5 Å². The minimum absolute atomic E-state index is 0.102. The van der Waals surface area contributed by atoms with Gasteiger partial charge in [0.05, 0.1) is 6.20 Å². The van der Waals surface area contributed by atoms with Gasteiger partial charge in [-0.2, -0.15) is 9.61 Å². The first-order chi connectivity index (χ1) is 10.8. The number of carbonyl (C=O) groups is 1. The molecule has 0 saturated heterocycles. The summed E-state index contributed by atoms with van der Waals surface area (Å²) in [5, 5.41) is 7.80. The summed E-state index contributed by atoms with van der Waals surface area (Å²) in [7, 11) is 0. The molecule has 0 atom stereocenters. The number of aryl methyl sites for hydroxylation is 1. The summed E-state index contributed by atoms with van der Waals surface area (Å²) in [5.74, 6) is 1.26. The zero-order valence-electron chi connectivity index (χ0n) is 14.2. The van der Waals surface area contributed by atoms with E-state index in [9.17, 15) is 4.79 Å². The largest absolute Gasteiger partial charge is 0.460 e. The van der Waals surface area contributed by atoms with Gasteiger partial charge in [0, 0.05) is 30.3 Å². The molecule has 1 fully saturated rings. The smallest absolute Gasteiger partial charge is 0.306 e. The van der Waals surface area contributed by atoms with E-state index in [-0.39, 0.29) is 5.97 Å². The van der Waals surface area contributed by atoms with Crippen LogP contribution in [-0.4, -0.2) is 32.2 Å². The van der Waals surface area contributed by atoms with Crippen LogP contribution in [-0.2, 0) is 9.53 Å². The first-order valence-corrected chi connectivity index (χ1v) is 8.10. The van der Waals surface area contributed by atoms with Gasteiger partial charge in [-0.15, -0.1) is 0 Å². The maximum absolute atomic E-state index is 11.8. The van der Waals surface area contributed by atoms with Crippen molar-refractivity contribution in [3.8, 4) is 0 Å². The molecule has 3 rings (SSSR count). The Balaban J connectivity index is 1.54. The number of nitrogens with one attached hydrogen (secondary N) is 1. The Morgan fingerprint density at radius 2 is 2.17 bits per heavy atom. The van der Waals surface area contributed by atoms with E-state index < -0.39 is 5.60 Å². The van der Waals surface area contributed by atoms with E-state index in [1.165, 1.54) is 0 Å². The minimum Gasteiger partial charge on any atom is -0.460 e. The molecule has 23 heavy (non-hydrogen) atoms. The van der Waals surface area contributed by atoms with Crippen molar-refractivity contribution in [3.05, 3.63) is 24.0 Å². The van der Waals surface area contributed by atoms with Gasteiger partial charge in [-0.1, -0.05) is 0 Å². The van der Waals surface area contributed by atoms with E-state index >= 15 is 0 Å². The number of carbonyl (C=O) groups excluding carboxylic acids is 1. The third-order valence-corrected chi connectivity index (χ3v) is 3.95. The number of nitrogens with zero attached hydrogens (tertiary/aromatic N) is 3. The van der Waals surface area contributed by atoms with Crippen LogP contribution in [0.4, 0.5) is 5.82 Å². The van der Waals surface area contributed by atoms with Crippen molar-refractivity contribution in [3.63, 3.8) is 0 Å². The van der Waals surface area contributed by atoms with Crippen LogP contribution in [0.25, 0.3) is 5.65 Å². The normalized spacial score (nSPS) is 21.0. The van der Waals surface area contributed by atoms with Gasteiger partial charge in [0.2, 0.25) is 0 Å². The Kier molecular flexibility index (Phi) is 4.00. The molecule has 0 unspecified atom stereocenters. The average molecular weight is 316 g/mol. The molecule has 0 aromatic carbocycles. The van der Waals surface area contributed by atoms with Crippen LogP contribution in [0.3, 0.4) is 0 Å². The molecule has 2 aromatic rings. The molecule has 1 aliphatic rings. The molecule has 0 aliphatic heterocycles. The van der Waals surface area contributed by atoms with Gasteiger partial charge < -0.3 is 10.1 Å². The molecule has 6 heteroatoms. The highest BCUT2D eigenvalue weighted by atomic mass is 16.6. The van der Waals surface area contributed by atoms with Crippen molar-refractivity contribution in [1.29, 1.82) is 0 Å². The number of hydrogen-bond acceptors (Lipinski definition) is 5. The highest BCUT2D eigenvalue weighted by molar-refractivity contribution is 5.70. The molecule has 2 heterocycles. The fourth-order valence-electron chi connectivity index (χ4n) is 2.99. The number of ether oxygens (including phenoxy) is 1. The molecule has 1 N–H and O–H groups in total. The fraction of sp³-hybridized carbons (Fsp3) is 0.588. The lowest BCUT2D eigenvalue weighted by Crippen LogP contribution is -2.38. The second-order valence-electron chi connectivity index (χ2n) is 7.35. The third-order valence-electron chi connectivity index (χ3n) is 3.95. The van der Waals surface area contributed by atoms with Crippen LogP contribution in [0.2, 0.25) is 0 Å². The van der Waals surface area contributed by atoms with Gasteiger partial charge >= 0.3 is 5.97 Å². The second-order valence-corrected chi connectivity index (χ2v) is 7.35. The number of esters is 1. The summed E-state index contributed by atoms with van der Waals surface area (Å²) < 4.78 is 7.19. The van der Waals surface area contributed by atoms with Crippen LogP contribution in [0, 0.1) is 12.8 Å². The summed E-state index contributed by atoms with van der Waals surface area (Å²) in [6.45, 7) is 7.68. The van der Waals surface area contributed by atoms with E-state index in [1.807, 2.05) is 44.3 Å². The summed E-state index contributed by atoms with van der Waals surface area (Å²) in [5.41, 5.74) is 1.40. The van der Waals surface area contributed by atoms with Crippen molar-refractivity contribution >= 4 is 17.4 Å². The second kappa shape index (κ2) is 5.83. The Morgan fingerprint density at radius 3 is 2.87 bits per heavy atom. The molecule has 6 nitrogen and oxygen atoms in total. The van der Waals surface area contributed by atoms with Crippen LogP contribution in [0.1, 0.15) is 45.7 Å². The minimum atomic E-state index is -0.404. The van der Waals surface area contributed by atoms with E-state index in [2.05, 4.69) is 15.4 Å². The molecular formula is C17H24N4O2. The molecule has 1 aliphatic carbocycles. The first kappa shape index (κ1) is 15.8. The van der Waals surface area contributed by atoms with E-state index in [1.54, 1.807) is 6.20 Å². The lowest BCUT2D eigenvalue weighted by atomic mass is 9.78. The zero-order chi connectivity index (χ0) is 16.6. The molecule has 2 aromatic heterocycles. The maximum atomic E-state index is 11.8. The number of rotatable bonds is 4. The first-order valence-electron chi connectivity index (χ1n) is 8.10. The van der Waals surface area contributed by atoms with Gasteiger partial charge in [0.25, 0.3) is 0 Å². The maximum Gasteiger partial charge on any atom is 0.306 e. The van der Waals surface area contributed by atoms with Crippen LogP contribution in [0.5, 0.6) is 0 Å². The van der Waals surface area contributed by atoms with E-state index in [0.717, 1.165) is 30.0 Å². The molecule has 1 saturated carbocycles. The predicted octanol–water partition coefficient (Wildman–Crippen LogP) is 2.96.